The molecule has 2 amide bonds. The van der Waals surface area contributed by atoms with Crippen molar-refractivity contribution in [3.63, 3.8) is 0 Å². The third-order valence-corrected chi connectivity index (χ3v) is 6.02. The second kappa shape index (κ2) is 9.40. The molecule has 1 aliphatic heterocycles. The van der Waals surface area contributed by atoms with Crippen molar-refractivity contribution in [2.45, 2.75) is 43.9 Å². The van der Waals surface area contributed by atoms with Gasteiger partial charge in [0.25, 0.3) is 0 Å². The van der Waals surface area contributed by atoms with Gasteiger partial charge in [0.15, 0.2) is 6.10 Å². The molecule has 1 aliphatic carbocycles. The highest BCUT2D eigenvalue weighted by atomic mass is 16.5. The first-order chi connectivity index (χ1) is 15.5. The van der Waals surface area contributed by atoms with Crippen molar-refractivity contribution in [2.75, 3.05) is 13.2 Å². The van der Waals surface area contributed by atoms with Crippen LogP contribution in [0.25, 0.3) is 11.1 Å². The topological polar surface area (TPSA) is 114 Å². The van der Waals surface area contributed by atoms with Gasteiger partial charge in [-0.05, 0) is 35.1 Å². The first kappa shape index (κ1) is 21.8. The maximum atomic E-state index is 12.6. The molecule has 2 aromatic carbocycles. The van der Waals surface area contributed by atoms with Crippen molar-refractivity contribution in [3.05, 3.63) is 59.7 Å². The number of ether oxygens (including phenoxy) is 2. The van der Waals surface area contributed by atoms with Crippen LogP contribution in [0, 0.1) is 0 Å². The minimum absolute atomic E-state index is 0.0750. The lowest BCUT2D eigenvalue weighted by Crippen LogP contribution is -2.52. The van der Waals surface area contributed by atoms with Crippen LogP contribution in [0.4, 0.5) is 4.79 Å². The molecule has 168 valence electrons. The minimum Gasteiger partial charge on any atom is -0.479 e. The predicted octanol–water partition coefficient (Wildman–Crippen LogP) is 2.66. The molecular weight excluding hydrogens is 412 g/mol. The number of carboxylic acids is 1. The smallest absolute Gasteiger partial charge is 0.407 e. The number of fused-ring (bicyclic) bond motifs is 3. The van der Waals surface area contributed by atoms with E-state index < -0.39 is 36.2 Å². The number of hydrogen-bond acceptors (Lipinski definition) is 5. The SMILES string of the molecule is CCC(NC(=O)OCC1c2ccccc2-c2ccccc21)C(=O)N[C@@H]1CCO[C@@H]1C(=O)O. The van der Waals surface area contributed by atoms with Crippen LogP contribution in [-0.4, -0.2) is 54.5 Å². The fourth-order valence-corrected chi connectivity index (χ4v) is 4.40. The van der Waals surface area contributed by atoms with E-state index in [0.717, 1.165) is 22.3 Å². The van der Waals surface area contributed by atoms with E-state index in [4.69, 9.17) is 9.47 Å². The lowest BCUT2D eigenvalue weighted by atomic mass is 9.98. The Kier molecular flexibility index (Phi) is 6.41. The van der Waals surface area contributed by atoms with Crippen molar-refractivity contribution >= 4 is 18.0 Å². The largest absolute Gasteiger partial charge is 0.479 e. The maximum absolute atomic E-state index is 12.6. The van der Waals surface area contributed by atoms with Crippen molar-refractivity contribution in [1.82, 2.24) is 10.6 Å². The highest BCUT2D eigenvalue weighted by Crippen LogP contribution is 2.44. The second-order valence-electron chi connectivity index (χ2n) is 7.96. The Morgan fingerprint density at radius 3 is 2.31 bits per heavy atom. The monoisotopic (exact) mass is 438 g/mol. The van der Waals surface area contributed by atoms with Crippen LogP contribution in [0.3, 0.4) is 0 Å². The van der Waals surface area contributed by atoms with Crippen molar-refractivity contribution in [1.29, 1.82) is 0 Å². The van der Waals surface area contributed by atoms with Gasteiger partial charge < -0.3 is 25.2 Å². The minimum atomic E-state index is -1.12. The second-order valence-corrected chi connectivity index (χ2v) is 7.96. The summed E-state index contributed by atoms with van der Waals surface area (Å²) in [6, 6.07) is 14.6. The summed E-state index contributed by atoms with van der Waals surface area (Å²) in [7, 11) is 0. The number of aliphatic carboxylic acids is 1. The van der Waals surface area contributed by atoms with E-state index in [2.05, 4.69) is 22.8 Å². The molecule has 3 N–H and O–H groups in total. The molecule has 0 saturated carbocycles. The number of nitrogens with one attached hydrogen (secondary N) is 2. The van der Waals surface area contributed by atoms with Crippen LogP contribution in [0.15, 0.2) is 48.5 Å². The number of hydrogen-bond donors (Lipinski definition) is 3. The van der Waals surface area contributed by atoms with Gasteiger partial charge >= 0.3 is 12.1 Å². The standard InChI is InChI=1S/C24H26N2O6/c1-2-19(22(27)25-20-11-12-31-21(20)23(28)29)26-24(30)32-13-18-16-9-5-3-7-14(16)15-8-4-6-10-17(15)18/h3-10,18-21H,2,11-13H2,1H3,(H,25,27)(H,26,30)(H,28,29)/t19?,20-,21+/m1/s1. The molecule has 0 aromatic heterocycles. The molecule has 0 radical (unpaired) electrons. The lowest BCUT2D eigenvalue weighted by Gasteiger charge is -2.22. The third kappa shape index (κ3) is 4.31. The van der Waals surface area contributed by atoms with Crippen LogP contribution in [0.1, 0.15) is 36.8 Å². The summed E-state index contributed by atoms with van der Waals surface area (Å²) in [4.78, 5) is 36.3. The van der Waals surface area contributed by atoms with E-state index in [0.29, 0.717) is 12.8 Å². The lowest BCUT2D eigenvalue weighted by molar-refractivity contribution is -0.148. The predicted molar refractivity (Wildman–Crippen MR) is 116 cm³/mol. The Bertz CT molecular complexity index is 978. The molecule has 1 fully saturated rings. The van der Waals surface area contributed by atoms with E-state index in [1.165, 1.54) is 0 Å². The maximum Gasteiger partial charge on any atom is 0.407 e. The van der Waals surface area contributed by atoms with E-state index in [1.807, 2.05) is 36.4 Å². The summed E-state index contributed by atoms with van der Waals surface area (Å²) in [5, 5.41) is 14.5. The van der Waals surface area contributed by atoms with Crippen LogP contribution in [0.5, 0.6) is 0 Å². The Labute approximate surface area is 185 Å². The van der Waals surface area contributed by atoms with Crippen molar-refractivity contribution in [2.24, 2.45) is 0 Å². The van der Waals surface area contributed by atoms with E-state index in [-0.39, 0.29) is 19.1 Å². The molecule has 1 heterocycles. The van der Waals surface area contributed by atoms with Crippen molar-refractivity contribution < 1.29 is 29.0 Å². The number of alkyl carbamates (subject to hydrolysis) is 1. The molecule has 8 nitrogen and oxygen atoms in total. The summed E-state index contributed by atoms with van der Waals surface area (Å²) < 4.78 is 10.7. The average Bonchev–Trinajstić information content (AvgIpc) is 3.38. The average molecular weight is 438 g/mol. The number of benzene rings is 2. The van der Waals surface area contributed by atoms with Crippen LogP contribution in [-0.2, 0) is 19.1 Å². The van der Waals surface area contributed by atoms with Crippen molar-refractivity contribution in [3.8, 4) is 11.1 Å². The van der Waals surface area contributed by atoms with Crippen LogP contribution in [0.2, 0.25) is 0 Å². The summed E-state index contributed by atoms with van der Waals surface area (Å²) in [5.41, 5.74) is 4.48. The highest BCUT2D eigenvalue weighted by Gasteiger charge is 2.36. The van der Waals surface area contributed by atoms with Gasteiger partial charge in [-0.25, -0.2) is 9.59 Å². The molecule has 1 unspecified atom stereocenters. The summed E-state index contributed by atoms with van der Waals surface area (Å²) in [5.74, 6) is -1.65. The highest BCUT2D eigenvalue weighted by molar-refractivity contribution is 5.86. The first-order valence-electron chi connectivity index (χ1n) is 10.8. The number of rotatable bonds is 7. The van der Waals surface area contributed by atoms with Crippen LogP contribution >= 0.6 is 0 Å². The normalized spacial score (nSPS) is 20.2. The Morgan fingerprint density at radius 1 is 1.09 bits per heavy atom. The zero-order valence-electron chi connectivity index (χ0n) is 17.7. The number of carbonyl (C=O) groups is 3. The molecule has 1 saturated heterocycles. The quantitative estimate of drug-likeness (QED) is 0.612. The van der Waals surface area contributed by atoms with E-state index in [9.17, 15) is 19.5 Å². The molecule has 2 aliphatic rings. The molecule has 8 heteroatoms. The molecule has 2 aromatic rings. The van der Waals surface area contributed by atoms with Gasteiger partial charge in [0.2, 0.25) is 5.91 Å². The van der Waals surface area contributed by atoms with Crippen LogP contribution < -0.4 is 10.6 Å². The first-order valence-corrected chi connectivity index (χ1v) is 10.8. The summed E-state index contributed by atoms with van der Waals surface area (Å²) in [6.07, 6.45) is -1.02. The zero-order valence-corrected chi connectivity index (χ0v) is 17.7. The van der Waals surface area contributed by atoms with Gasteiger partial charge in [-0.15, -0.1) is 0 Å². The molecule has 3 atom stereocenters. The fraction of sp³-hybridized carbons (Fsp3) is 0.375. The summed E-state index contributed by atoms with van der Waals surface area (Å²) in [6.45, 7) is 2.17. The fourth-order valence-electron chi connectivity index (χ4n) is 4.40. The molecule has 32 heavy (non-hydrogen) atoms. The van der Waals surface area contributed by atoms with E-state index in [1.54, 1.807) is 6.92 Å². The van der Waals surface area contributed by atoms with Gasteiger partial charge in [0.1, 0.15) is 12.6 Å². The molecule has 0 bridgehead atoms. The summed E-state index contributed by atoms with van der Waals surface area (Å²) >= 11 is 0. The van der Waals surface area contributed by atoms with Gasteiger partial charge in [-0.1, -0.05) is 55.5 Å². The Hall–Kier alpha value is -3.39. The van der Waals surface area contributed by atoms with Gasteiger partial charge in [0.05, 0.1) is 6.04 Å². The number of amides is 2. The Morgan fingerprint density at radius 2 is 1.72 bits per heavy atom. The van der Waals surface area contributed by atoms with Gasteiger partial charge in [-0.3, -0.25) is 4.79 Å². The number of carbonyl (C=O) groups excluding carboxylic acids is 2. The molecule has 4 rings (SSSR count). The molecular formula is C24H26N2O6. The van der Waals surface area contributed by atoms with E-state index >= 15 is 0 Å². The van der Waals surface area contributed by atoms with Gasteiger partial charge in [-0.2, -0.15) is 0 Å². The van der Waals surface area contributed by atoms with Gasteiger partial charge in [0, 0.05) is 12.5 Å². The third-order valence-electron chi connectivity index (χ3n) is 6.02. The number of carboxylic acid groups (broad SMARTS) is 1. The Balaban J connectivity index is 1.36. The zero-order chi connectivity index (χ0) is 22.7. The molecule has 0 spiro atoms.